The Kier molecular flexibility index (Phi) is 5.87. The Morgan fingerprint density at radius 2 is 2.00 bits per heavy atom. The van der Waals surface area contributed by atoms with Crippen LogP contribution in [0.15, 0.2) is 41.4 Å². The van der Waals surface area contributed by atoms with Gasteiger partial charge in [0.25, 0.3) is 0 Å². The lowest BCUT2D eigenvalue weighted by Crippen LogP contribution is -2.39. The number of rotatable bonds is 5. The molecule has 2 atom stereocenters. The number of nitrogens with zero attached hydrogens (tertiary/aromatic N) is 2. The van der Waals surface area contributed by atoms with E-state index in [4.69, 9.17) is 26.1 Å². The summed E-state index contributed by atoms with van der Waals surface area (Å²) in [7, 11) is -0.0464. The van der Waals surface area contributed by atoms with Gasteiger partial charge in [-0.2, -0.15) is 0 Å². The van der Waals surface area contributed by atoms with Gasteiger partial charge in [-0.1, -0.05) is 29.4 Å². The molecular formula is C20H20ClFN2O4S2. The second kappa shape index (κ2) is 8.28. The van der Waals surface area contributed by atoms with Gasteiger partial charge in [0.1, 0.15) is 17.3 Å². The molecule has 10 heteroatoms. The second-order valence-electron chi connectivity index (χ2n) is 7.06. The first-order chi connectivity index (χ1) is 14.3. The number of amidine groups is 1. The zero-order chi connectivity index (χ0) is 21.5. The number of benzene rings is 2. The first-order valence-corrected chi connectivity index (χ1v) is 12.4. The highest BCUT2D eigenvalue weighted by atomic mass is 35.5. The molecule has 1 saturated heterocycles. The maximum Gasteiger partial charge on any atom is 0.164 e. The van der Waals surface area contributed by atoms with Crippen LogP contribution >= 0.6 is 23.4 Å². The molecule has 160 valence electrons. The first-order valence-electron chi connectivity index (χ1n) is 9.17. The Balaban J connectivity index is 1.69. The van der Waals surface area contributed by atoms with E-state index in [0.29, 0.717) is 33.1 Å². The molecule has 0 radical (unpaired) electrons. The maximum atomic E-state index is 13.3. The van der Waals surface area contributed by atoms with E-state index in [1.807, 2.05) is 11.0 Å². The first kappa shape index (κ1) is 21.3. The van der Waals surface area contributed by atoms with E-state index in [1.165, 1.54) is 23.9 Å². The second-order valence-corrected chi connectivity index (χ2v) is 10.6. The topological polar surface area (TPSA) is 68.2 Å². The minimum absolute atomic E-state index is 0.0157. The molecule has 2 aliphatic rings. The molecule has 2 heterocycles. The van der Waals surface area contributed by atoms with Crippen molar-refractivity contribution in [3.63, 3.8) is 0 Å². The summed E-state index contributed by atoms with van der Waals surface area (Å²) in [4.78, 5) is 6.62. The Hall–Kier alpha value is -1.97. The number of anilines is 1. The van der Waals surface area contributed by atoms with Crippen molar-refractivity contribution in [1.29, 1.82) is 0 Å². The lowest BCUT2D eigenvalue weighted by atomic mass is 10.1. The molecule has 0 amide bonds. The van der Waals surface area contributed by atoms with E-state index in [1.54, 1.807) is 32.4 Å². The maximum absolute atomic E-state index is 13.3. The van der Waals surface area contributed by atoms with Crippen LogP contribution in [0.4, 0.5) is 10.1 Å². The molecule has 0 aromatic heterocycles. The van der Waals surface area contributed by atoms with Gasteiger partial charge >= 0.3 is 0 Å². The summed E-state index contributed by atoms with van der Waals surface area (Å²) in [5.74, 6) is 1.32. The summed E-state index contributed by atoms with van der Waals surface area (Å²) in [6.45, 7) is 0. The van der Waals surface area contributed by atoms with Crippen molar-refractivity contribution in [3.05, 3.63) is 52.8 Å². The minimum Gasteiger partial charge on any atom is -0.497 e. The van der Waals surface area contributed by atoms with Gasteiger partial charge < -0.3 is 14.4 Å². The minimum atomic E-state index is -3.18. The number of ether oxygens (including phenoxy) is 2. The van der Waals surface area contributed by atoms with E-state index in [0.717, 1.165) is 5.56 Å². The van der Waals surface area contributed by atoms with Crippen LogP contribution in [0.1, 0.15) is 5.56 Å². The van der Waals surface area contributed by atoms with Crippen molar-refractivity contribution in [2.24, 2.45) is 4.99 Å². The third kappa shape index (κ3) is 4.10. The molecule has 0 aliphatic carbocycles. The molecule has 2 aromatic rings. The molecule has 0 saturated carbocycles. The highest BCUT2D eigenvalue weighted by Crippen LogP contribution is 2.41. The SMILES string of the molecule is COc1ccc(OC)c(N2C(SCc3ccc(F)cc3Cl)=N[C@H]3CS(=O)(=O)C[C@@H]32)c1. The van der Waals surface area contributed by atoms with Crippen molar-refractivity contribution in [1.82, 2.24) is 0 Å². The lowest BCUT2D eigenvalue weighted by molar-refractivity contribution is 0.403. The van der Waals surface area contributed by atoms with Crippen LogP contribution in [0, 0.1) is 5.82 Å². The summed E-state index contributed by atoms with van der Waals surface area (Å²) in [6, 6.07) is 8.99. The number of thioether (sulfide) groups is 1. The Labute approximate surface area is 183 Å². The zero-order valence-corrected chi connectivity index (χ0v) is 18.7. The standard InChI is InChI=1S/C20H20ClFN2O4S2/c1-27-14-5-6-19(28-2)17(8-14)24-18-11-30(25,26)10-16(18)23-20(24)29-9-12-3-4-13(22)7-15(12)21/h3-8,16,18H,9-11H2,1-2H3/t16-,18-/m0/s1. The number of sulfone groups is 1. The van der Waals surface area contributed by atoms with Crippen LogP contribution in [-0.2, 0) is 15.6 Å². The van der Waals surface area contributed by atoms with E-state index in [2.05, 4.69) is 0 Å². The van der Waals surface area contributed by atoms with Gasteiger partial charge in [0.15, 0.2) is 15.0 Å². The van der Waals surface area contributed by atoms with Crippen LogP contribution in [0.25, 0.3) is 0 Å². The third-order valence-corrected chi connectivity index (χ3v) is 8.19. The molecule has 2 aliphatic heterocycles. The molecular weight excluding hydrogens is 451 g/mol. The number of halogens is 2. The van der Waals surface area contributed by atoms with Crippen molar-refractivity contribution in [2.45, 2.75) is 17.8 Å². The fourth-order valence-corrected chi connectivity index (χ4v) is 6.96. The predicted molar refractivity (Wildman–Crippen MR) is 118 cm³/mol. The molecule has 30 heavy (non-hydrogen) atoms. The van der Waals surface area contributed by atoms with Gasteiger partial charge in [0.2, 0.25) is 0 Å². The van der Waals surface area contributed by atoms with E-state index >= 15 is 0 Å². The molecule has 0 unspecified atom stereocenters. The monoisotopic (exact) mass is 470 g/mol. The Bertz CT molecular complexity index is 1110. The number of methoxy groups -OCH3 is 2. The molecule has 0 bridgehead atoms. The highest BCUT2D eigenvalue weighted by Gasteiger charge is 2.47. The van der Waals surface area contributed by atoms with Crippen LogP contribution < -0.4 is 14.4 Å². The fourth-order valence-electron chi connectivity index (χ4n) is 3.68. The van der Waals surface area contributed by atoms with Crippen molar-refractivity contribution < 1.29 is 22.3 Å². The zero-order valence-electron chi connectivity index (χ0n) is 16.3. The number of fused-ring (bicyclic) bond motifs is 1. The van der Waals surface area contributed by atoms with Crippen molar-refractivity contribution in [3.8, 4) is 11.5 Å². The number of hydrogen-bond donors (Lipinski definition) is 0. The van der Waals surface area contributed by atoms with Gasteiger partial charge in [-0.15, -0.1) is 0 Å². The third-order valence-electron chi connectivity index (χ3n) is 5.12. The van der Waals surface area contributed by atoms with Crippen molar-refractivity contribution >= 4 is 44.1 Å². The summed E-state index contributed by atoms with van der Waals surface area (Å²) < 4.78 is 48.7. The van der Waals surface area contributed by atoms with Gasteiger partial charge in [0.05, 0.1) is 43.5 Å². The fraction of sp³-hybridized carbons (Fsp3) is 0.350. The normalized spacial score (nSPS) is 22.0. The molecule has 2 aromatic carbocycles. The summed E-state index contributed by atoms with van der Waals surface area (Å²) in [5.41, 5.74) is 1.46. The number of hydrogen-bond acceptors (Lipinski definition) is 7. The highest BCUT2D eigenvalue weighted by molar-refractivity contribution is 8.13. The van der Waals surface area contributed by atoms with Gasteiger partial charge in [-0.05, 0) is 29.8 Å². The molecule has 0 spiro atoms. The summed E-state index contributed by atoms with van der Waals surface area (Å²) >= 11 is 7.59. The molecule has 6 nitrogen and oxygen atoms in total. The smallest absolute Gasteiger partial charge is 0.164 e. The van der Waals surface area contributed by atoms with E-state index < -0.39 is 15.7 Å². The van der Waals surface area contributed by atoms with Crippen molar-refractivity contribution in [2.75, 3.05) is 30.6 Å². The average Bonchev–Trinajstić information content (AvgIpc) is 3.17. The lowest BCUT2D eigenvalue weighted by Gasteiger charge is -2.28. The van der Waals surface area contributed by atoms with Gasteiger partial charge in [-0.25, -0.2) is 12.8 Å². The molecule has 0 N–H and O–H groups in total. The van der Waals surface area contributed by atoms with Crippen LogP contribution in [0.5, 0.6) is 11.5 Å². The van der Waals surface area contributed by atoms with Gasteiger partial charge in [0, 0.05) is 16.8 Å². The largest absolute Gasteiger partial charge is 0.497 e. The van der Waals surface area contributed by atoms with Gasteiger partial charge in [-0.3, -0.25) is 4.99 Å². The number of aliphatic imine (C=N–C) groups is 1. The van der Waals surface area contributed by atoms with E-state index in [-0.39, 0.29) is 23.6 Å². The summed E-state index contributed by atoms with van der Waals surface area (Å²) in [5, 5.41) is 1.02. The van der Waals surface area contributed by atoms with Crippen LogP contribution in [-0.4, -0.2) is 51.4 Å². The average molecular weight is 471 g/mol. The summed E-state index contributed by atoms with van der Waals surface area (Å²) in [6.07, 6.45) is 0. The molecule has 1 fully saturated rings. The Morgan fingerprint density at radius 1 is 1.20 bits per heavy atom. The van der Waals surface area contributed by atoms with Crippen LogP contribution in [0.3, 0.4) is 0 Å². The van der Waals surface area contributed by atoms with E-state index in [9.17, 15) is 12.8 Å². The Morgan fingerprint density at radius 3 is 2.70 bits per heavy atom. The quantitative estimate of drug-likeness (QED) is 0.662. The predicted octanol–water partition coefficient (Wildman–Crippen LogP) is 3.77. The molecule has 4 rings (SSSR count). The van der Waals surface area contributed by atoms with Crippen LogP contribution in [0.2, 0.25) is 5.02 Å².